The van der Waals surface area contributed by atoms with Crippen molar-refractivity contribution >= 4 is 23.8 Å². The Morgan fingerprint density at radius 1 is 0.882 bits per heavy atom. The molecule has 1 N–H and O–H groups in total. The molecule has 4 aromatic carbocycles. The lowest BCUT2D eigenvalue weighted by Gasteiger charge is -2.08. The van der Waals surface area contributed by atoms with Crippen LogP contribution in [0.25, 0.3) is 23.3 Å². The van der Waals surface area contributed by atoms with Gasteiger partial charge in [0, 0.05) is 6.07 Å². The van der Waals surface area contributed by atoms with Gasteiger partial charge >= 0.3 is 11.7 Å². The van der Waals surface area contributed by atoms with Crippen molar-refractivity contribution < 1.29 is 24.0 Å². The number of aromatic carboxylic acids is 1. The number of rotatable bonds is 7. The van der Waals surface area contributed by atoms with Crippen molar-refractivity contribution in [1.82, 2.24) is 0 Å². The largest absolute Gasteiger partial charge is 0.478 e. The number of ether oxygens (including phenoxy) is 1. The summed E-state index contributed by atoms with van der Waals surface area (Å²) in [6.45, 7) is 0. The summed E-state index contributed by atoms with van der Waals surface area (Å²) in [4.78, 5) is 22.8. The van der Waals surface area contributed by atoms with Crippen LogP contribution >= 0.6 is 0 Å². The molecule has 0 atom stereocenters. The fourth-order valence-electron chi connectivity index (χ4n) is 3.39. The summed E-state index contributed by atoms with van der Waals surface area (Å²) in [7, 11) is 0. The molecular weight excluding hydrogens is 437 g/mol. The number of carboxylic acids is 1. The van der Waals surface area contributed by atoms with E-state index in [1.807, 2.05) is 6.07 Å². The maximum Gasteiger partial charge on any atom is 0.336 e. The van der Waals surface area contributed by atoms with Crippen LogP contribution in [0, 0.1) is 15.9 Å². The number of nitro groups is 1. The molecule has 0 aliphatic heterocycles. The molecule has 168 valence electrons. The average molecular weight is 455 g/mol. The standard InChI is InChI=1S/C27H18FNO5/c28-22-12-9-19(10-13-22)20-11-14-24(27(30)31)21(17-20)8-6-18-7-15-26(25(16-18)29(32)33)34-23-4-2-1-3-5-23/h1-17H,(H,30,31)/b8-6+. The highest BCUT2D eigenvalue weighted by Crippen LogP contribution is 2.33. The first kappa shape index (κ1) is 22.4. The Morgan fingerprint density at radius 3 is 2.26 bits per heavy atom. The Balaban J connectivity index is 1.67. The van der Waals surface area contributed by atoms with Crippen LogP contribution in [0.5, 0.6) is 11.5 Å². The van der Waals surface area contributed by atoms with Crippen LogP contribution in [0.15, 0.2) is 91.0 Å². The average Bonchev–Trinajstić information content (AvgIpc) is 2.84. The Labute approximate surface area is 194 Å². The second kappa shape index (κ2) is 9.79. The van der Waals surface area contributed by atoms with E-state index in [-0.39, 0.29) is 22.8 Å². The summed E-state index contributed by atoms with van der Waals surface area (Å²) in [6.07, 6.45) is 3.17. The quantitative estimate of drug-likeness (QED) is 0.183. The summed E-state index contributed by atoms with van der Waals surface area (Å²) in [5.41, 5.74) is 2.19. The van der Waals surface area contributed by atoms with E-state index >= 15 is 0 Å². The van der Waals surface area contributed by atoms with Crippen LogP contribution in [-0.2, 0) is 0 Å². The van der Waals surface area contributed by atoms with Crippen molar-refractivity contribution in [1.29, 1.82) is 0 Å². The first-order chi connectivity index (χ1) is 16.4. The number of benzene rings is 4. The minimum absolute atomic E-state index is 0.0700. The normalized spacial score (nSPS) is 10.9. The zero-order valence-electron chi connectivity index (χ0n) is 17.7. The van der Waals surface area contributed by atoms with E-state index in [1.54, 1.807) is 66.7 Å². The molecule has 0 aliphatic carbocycles. The zero-order chi connectivity index (χ0) is 24.1. The molecule has 0 radical (unpaired) electrons. The second-order valence-corrected chi connectivity index (χ2v) is 7.35. The van der Waals surface area contributed by atoms with Crippen molar-refractivity contribution in [3.05, 3.63) is 124 Å². The first-order valence-corrected chi connectivity index (χ1v) is 10.2. The summed E-state index contributed by atoms with van der Waals surface area (Å²) < 4.78 is 18.9. The molecule has 4 aromatic rings. The monoisotopic (exact) mass is 455 g/mol. The molecule has 34 heavy (non-hydrogen) atoms. The Hall–Kier alpha value is -4.78. The predicted molar refractivity (Wildman–Crippen MR) is 127 cm³/mol. The van der Waals surface area contributed by atoms with Gasteiger partial charge in [-0.1, -0.05) is 54.6 Å². The third kappa shape index (κ3) is 5.16. The maximum absolute atomic E-state index is 13.3. The lowest BCUT2D eigenvalue weighted by molar-refractivity contribution is -0.385. The fourth-order valence-corrected chi connectivity index (χ4v) is 3.39. The maximum atomic E-state index is 13.3. The van der Waals surface area contributed by atoms with Gasteiger partial charge in [-0.2, -0.15) is 0 Å². The second-order valence-electron chi connectivity index (χ2n) is 7.35. The van der Waals surface area contributed by atoms with Crippen LogP contribution in [0.2, 0.25) is 0 Å². The topological polar surface area (TPSA) is 89.7 Å². The molecule has 0 saturated heterocycles. The molecule has 6 nitrogen and oxygen atoms in total. The van der Waals surface area contributed by atoms with Gasteiger partial charge in [-0.25, -0.2) is 9.18 Å². The van der Waals surface area contributed by atoms with Gasteiger partial charge < -0.3 is 9.84 Å². The van der Waals surface area contributed by atoms with Gasteiger partial charge in [-0.3, -0.25) is 10.1 Å². The zero-order valence-corrected chi connectivity index (χ0v) is 17.7. The minimum atomic E-state index is -1.11. The molecule has 0 fully saturated rings. The minimum Gasteiger partial charge on any atom is -0.478 e. The van der Waals surface area contributed by atoms with Crippen molar-refractivity contribution in [2.24, 2.45) is 0 Å². The molecule has 0 spiro atoms. The summed E-state index contributed by atoms with van der Waals surface area (Å²) in [5.74, 6) is -0.911. The third-order valence-electron chi connectivity index (χ3n) is 5.07. The van der Waals surface area contributed by atoms with Crippen LogP contribution in [0.3, 0.4) is 0 Å². The highest BCUT2D eigenvalue weighted by molar-refractivity contribution is 5.94. The number of hydrogen-bond acceptors (Lipinski definition) is 4. The lowest BCUT2D eigenvalue weighted by Crippen LogP contribution is -1.99. The molecule has 0 aliphatic rings. The number of halogens is 1. The number of para-hydroxylation sites is 1. The van der Waals surface area contributed by atoms with Crippen molar-refractivity contribution in [2.75, 3.05) is 0 Å². The summed E-state index contributed by atoms with van der Waals surface area (Å²) in [5, 5.41) is 21.2. The fraction of sp³-hybridized carbons (Fsp3) is 0. The SMILES string of the molecule is O=C(O)c1ccc(-c2ccc(F)cc2)cc1/C=C/c1ccc(Oc2ccccc2)c([N+](=O)[O-])c1. The molecule has 0 saturated carbocycles. The van der Waals surface area contributed by atoms with E-state index < -0.39 is 10.9 Å². The van der Waals surface area contributed by atoms with E-state index in [0.29, 0.717) is 22.4 Å². The number of nitrogens with zero attached hydrogens (tertiary/aromatic N) is 1. The van der Waals surface area contributed by atoms with Crippen LogP contribution < -0.4 is 4.74 Å². The van der Waals surface area contributed by atoms with Gasteiger partial charge in [-0.15, -0.1) is 0 Å². The van der Waals surface area contributed by atoms with Crippen LogP contribution in [0.1, 0.15) is 21.5 Å². The van der Waals surface area contributed by atoms with Gasteiger partial charge in [0.1, 0.15) is 11.6 Å². The molecule has 0 aromatic heterocycles. The van der Waals surface area contributed by atoms with E-state index in [0.717, 1.165) is 5.56 Å². The number of hydrogen-bond donors (Lipinski definition) is 1. The van der Waals surface area contributed by atoms with Gasteiger partial charge in [-0.05, 0) is 64.7 Å². The molecule has 0 amide bonds. The third-order valence-corrected chi connectivity index (χ3v) is 5.07. The van der Waals surface area contributed by atoms with Crippen LogP contribution in [0.4, 0.5) is 10.1 Å². The number of carboxylic acid groups (broad SMARTS) is 1. The molecule has 4 rings (SSSR count). The molecule has 7 heteroatoms. The van der Waals surface area contributed by atoms with E-state index in [4.69, 9.17) is 4.74 Å². The van der Waals surface area contributed by atoms with Gasteiger partial charge in [0.25, 0.3) is 0 Å². The van der Waals surface area contributed by atoms with Crippen molar-refractivity contribution in [3.8, 4) is 22.6 Å². The summed E-state index contributed by atoms with van der Waals surface area (Å²) in [6, 6.07) is 23.9. The van der Waals surface area contributed by atoms with Crippen LogP contribution in [-0.4, -0.2) is 16.0 Å². The van der Waals surface area contributed by atoms with Gasteiger partial charge in [0.15, 0.2) is 0 Å². The highest BCUT2D eigenvalue weighted by atomic mass is 19.1. The van der Waals surface area contributed by atoms with Crippen molar-refractivity contribution in [2.45, 2.75) is 0 Å². The number of nitro benzene ring substituents is 1. The Morgan fingerprint density at radius 2 is 1.59 bits per heavy atom. The predicted octanol–water partition coefficient (Wildman–Crippen LogP) is 7.06. The highest BCUT2D eigenvalue weighted by Gasteiger charge is 2.16. The Kier molecular flexibility index (Phi) is 6.45. The molecule has 0 bridgehead atoms. The van der Waals surface area contributed by atoms with E-state index in [1.165, 1.54) is 30.3 Å². The van der Waals surface area contributed by atoms with Gasteiger partial charge in [0.05, 0.1) is 10.5 Å². The van der Waals surface area contributed by atoms with Gasteiger partial charge in [0.2, 0.25) is 5.75 Å². The lowest BCUT2D eigenvalue weighted by atomic mass is 9.98. The van der Waals surface area contributed by atoms with E-state index in [2.05, 4.69) is 0 Å². The van der Waals surface area contributed by atoms with Crippen molar-refractivity contribution in [3.63, 3.8) is 0 Å². The first-order valence-electron chi connectivity index (χ1n) is 10.2. The van der Waals surface area contributed by atoms with E-state index in [9.17, 15) is 24.4 Å². The molecule has 0 unspecified atom stereocenters. The molecule has 0 heterocycles. The smallest absolute Gasteiger partial charge is 0.336 e. The Bertz CT molecular complexity index is 1380. The molecular formula is C27H18FNO5. The number of carbonyl (C=O) groups is 1. The summed E-state index contributed by atoms with van der Waals surface area (Å²) >= 11 is 0.